The number of rotatable bonds is 5. The molecule has 2 atom stereocenters. The maximum absolute atomic E-state index is 3.69. The van der Waals surface area contributed by atoms with Crippen molar-refractivity contribution in [2.24, 2.45) is 5.92 Å². The molecule has 2 heteroatoms. The van der Waals surface area contributed by atoms with Crippen molar-refractivity contribution in [3.63, 3.8) is 0 Å². The van der Waals surface area contributed by atoms with Crippen LogP contribution >= 0.6 is 11.3 Å². The highest BCUT2D eigenvalue weighted by Gasteiger charge is 2.20. The van der Waals surface area contributed by atoms with Crippen molar-refractivity contribution in [1.82, 2.24) is 5.32 Å². The van der Waals surface area contributed by atoms with Gasteiger partial charge in [-0.15, -0.1) is 11.3 Å². The Morgan fingerprint density at radius 2 is 2.27 bits per heavy atom. The van der Waals surface area contributed by atoms with E-state index in [0.717, 1.165) is 5.92 Å². The van der Waals surface area contributed by atoms with Crippen molar-refractivity contribution < 1.29 is 0 Å². The van der Waals surface area contributed by atoms with Gasteiger partial charge in [-0.25, -0.2) is 0 Å². The average molecular weight is 223 g/mol. The van der Waals surface area contributed by atoms with Gasteiger partial charge in [-0.05, 0) is 37.6 Å². The van der Waals surface area contributed by atoms with Gasteiger partial charge in [0.15, 0.2) is 0 Å². The summed E-state index contributed by atoms with van der Waals surface area (Å²) >= 11 is 1.85. The molecule has 1 aromatic rings. The van der Waals surface area contributed by atoms with Crippen LogP contribution in [-0.2, 0) is 0 Å². The lowest BCUT2D eigenvalue weighted by molar-refractivity contribution is 0.260. The third-order valence-electron chi connectivity index (χ3n) is 3.42. The Bertz CT molecular complexity index is 277. The van der Waals surface area contributed by atoms with E-state index in [0.29, 0.717) is 12.1 Å². The van der Waals surface area contributed by atoms with Crippen LogP contribution in [0.15, 0.2) is 17.5 Å². The van der Waals surface area contributed by atoms with E-state index in [4.69, 9.17) is 0 Å². The minimum atomic E-state index is 0.514. The van der Waals surface area contributed by atoms with Gasteiger partial charge in [0.1, 0.15) is 0 Å². The molecule has 1 aliphatic rings. The molecule has 1 aliphatic carbocycles. The molecule has 15 heavy (non-hydrogen) atoms. The van der Waals surface area contributed by atoms with Crippen molar-refractivity contribution in [2.75, 3.05) is 0 Å². The van der Waals surface area contributed by atoms with Crippen LogP contribution in [0.4, 0.5) is 0 Å². The molecule has 0 aromatic carbocycles. The van der Waals surface area contributed by atoms with Crippen LogP contribution in [0, 0.1) is 5.92 Å². The zero-order valence-corrected chi connectivity index (χ0v) is 10.5. The summed E-state index contributed by atoms with van der Waals surface area (Å²) in [4.78, 5) is 1.45. The SMILES string of the molecule is CC(CC1CCC1)NC(C)c1cccs1. The van der Waals surface area contributed by atoms with Crippen molar-refractivity contribution in [3.8, 4) is 0 Å². The van der Waals surface area contributed by atoms with E-state index in [9.17, 15) is 0 Å². The Labute approximate surface area is 96.9 Å². The predicted molar refractivity (Wildman–Crippen MR) is 67.3 cm³/mol. The van der Waals surface area contributed by atoms with E-state index in [-0.39, 0.29) is 0 Å². The van der Waals surface area contributed by atoms with Crippen LogP contribution in [-0.4, -0.2) is 6.04 Å². The monoisotopic (exact) mass is 223 g/mol. The Morgan fingerprint density at radius 1 is 1.47 bits per heavy atom. The van der Waals surface area contributed by atoms with E-state index in [2.05, 4.69) is 36.7 Å². The van der Waals surface area contributed by atoms with Crippen LogP contribution in [0.5, 0.6) is 0 Å². The molecule has 1 saturated carbocycles. The maximum Gasteiger partial charge on any atom is 0.0388 e. The first-order chi connectivity index (χ1) is 7.25. The molecule has 1 nitrogen and oxygen atoms in total. The van der Waals surface area contributed by atoms with Crippen LogP contribution in [0.25, 0.3) is 0 Å². The molecule has 1 N–H and O–H groups in total. The van der Waals surface area contributed by atoms with Gasteiger partial charge < -0.3 is 5.32 Å². The summed E-state index contributed by atoms with van der Waals surface area (Å²) in [6.45, 7) is 4.59. The first kappa shape index (κ1) is 11.2. The lowest BCUT2D eigenvalue weighted by Crippen LogP contribution is -2.31. The van der Waals surface area contributed by atoms with Gasteiger partial charge in [0.2, 0.25) is 0 Å². The zero-order chi connectivity index (χ0) is 10.7. The molecule has 2 rings (SSSR count). The number of hydrogen-bond donors (Lipinski definition) is 1. The Morgan fingerprint density at radius 3 is 2.80 bits per heavy atom. The number of nitrogens with one attached hydrogen (secondary N) is 1. The second-order valence-corrected chi connectivity index (χ2v) is 5.82. The molecule has 1 heterocycles. The minimum absolute atomic E-state index is 0.514. The van der Waals surface area contributed by atoms with E-state index in [1.807, 2.05) is 11.3 Å². The summed E-state index contributed by atoms with van der Waals surface area (Å²) in [5.74, 6) is 1.00. The van der Waals surface area contributed by atoms with Gasteiger partial charge in [-0.1, -0.05) is 25.3 Å². The van der Waals surface area contributed by atoms with Gasteiger partial charge >= 0.3 is 0 Å². The predicted octanol–water partition coefficient (Wildman–Crippen LogP) is 3.98. The summed E-state index contributed by atoms with van der Waals surface area (Å²) in [6.07, 6.45) is 5.73. The molecule has 0 aliphatic heterocycles. The Kier molecular flexibility index (Phi) is 3.81. The Hall–Kier alpha value is -0.340. The summed E-state index contributed by atoms with van der Waals surface area (Å²) in [5, 5.41) is 5.85. The normalized spacial score (nSPS) is 20.9. The van der Waals surface area contributed by atoms with Gasteiger partial charge in [-0.3, -0.25) is 0 Å². The van der Waals surface area contributed by atoms with Crippen molar-refractivity contribution in [2.45, 2.75) is 51.6 Å². The molecular formula is C13H21NS. The molecule has 1 fully saturated rings. The quantitative estimate of drug-likeness (QED) is 0.796. The fraction of sp³-hybridized carbons (Fsp3) is 0.692. The van der Waals surface area contributed by atoms with E-state index >= 15 is 0 Å². The third kappa shape index (κ3) is 3.05. The summed E-state index contributed by atoms with van der Waals surface area (Å²) in [7, 11) is 0. The van der Waals surface area contributed by atoms with Gasteiger partial charge in [0.25, 0.3) is 0 Å². The standard InChI is InChI=1S/C13H21NS/c1-10(9-12-5-3-6-12)14-11(2)13-7-4-8-15-13/h4,7-8,10-12,14H,3,5-6,9H2,1-2H3. The molecule has 84 valence electrons. The summed E-state index contributed by atoms with van der Waals surface area (Å²) in [6, 6.07) is 5.53. The molecule has 0 radical (unpaired) electrons. The molecule has 0 bridgehead atoms. The number of thiophene rings is 1. The molecule has 1 aromatic heterocycles. The van der Waals surface area contributed by atoms with E-state index in [1.54, 1.807) is 0 Å². The zero-order valence-electron chi connectivity index (χ0n) is 9.70. The lowest BCUT2D eigenvalue weighted by atomic mass is 9.81. The topological polar surface area (TPSA) is 12.0 Å². The van der Waals surface area contributed by atoms with Crippen molar-refractivity contribution in [3.05, 3.63) is 22.4 Å². The molecule has 0 spiro atoms. The highest BCUT2D eigenvalue weighted by Crippen LogP contribution is 2.31. The largest absolute Gasteiger partial charge is 0.307 e. The number of hydrogen-bond acceptors (Lipinski definition) is 2. The molecular weight excluding hydrogens is 202 g/mol. The van der Waals surface area contributed by atoms with Gasteiger partial charge in [0, 0.05) is 17.0 Å². The highest BCUT2D eigenvalue weighted by atomic mass is 32.1. The first-order valence-corrected chi connectivity index (χ1v) is 6.93. The van der Waals surface area contributed by atoms with Crippen LogP contribution in [0.1, 0.15) is 50.4 Å². The summed E-state index contributed by atoms with van der Waals surface area (Å²) < 4.78 is 0. The summed E-state index contributed by atoms with van der Waals surface area (Å²) in [5.41, 5.74) is 0. The van der Waals surface area contributed by atoms with Crippen LogP contribution < -0.4 is 5.32 Å². The second kappa shape index (κ2) is 5.13. The fourth-order valence-electron chi connectivity index (χ4n) is 2.34. The smallest absolute Gasteiger partial charge is 0.0388 e. The lowest BCUT2D eigenvalue weighted by Gasteiger charge is -2.29. The van der Waals surface area contributed by atoms with Gasteiger partial charge in [0.05, 0.1) is 0 Å². The highest BCUT2D eigenvalue weighted by molar-refractivity contribution is 7.10. The van der Waals surface area contributed by atoms with Crippen LogP contribution in [0.2, 0.25) is 0 Å². The van der Waals surface area contributed by atoms with Gasteiger partial charge in [-0.2, -0.15) is 0 Å². The van der Waals surface area contributed by atoms with Crippen molar-refractivity contribution >= 4 is 11.3 Å². The minimum Gasteiger partial charge on any atom is -0.307 e. The third-order valence-corrected chi connectivity index (χ3v) is 4.47. The maximum atomic E-state index is 3.69. The second-order valence-electron chi connectivity index (χ2n) is 4.84. The first-order valence-electron chi connectivity index (χ1n) is 6.05. The van der Waals surface area contributed by atoms with E-state index < -0.39 is 0 Å². The Balaban J connectivity index is 1.75. The molecule has 0 saturated heterocycles. The van der Waals surface area contributed by atoms with Crippen LogP contribution in [0.3, 0.4) is 0 Å². The average Bonchev–Trinajstić information content (AvgIpc) is 2.64. The van der Waals surface area contributed by atoms with Crippen molar-refractivity contribution in [1.29, 1.82) is 0 Å². The molecule has 0 amide bonds. The fourth-order valence-corrected chi connectivity index (χ4v) is 3.09. The molecule has 2 unspecified atom stereocenters. The van der Waals surface area contributed by atoms with E-state index in [1.165, 1.54) is 30.6 Å².